The van der Waals surface area contributed by atoms with Gasteiger partial charge in [-0.2, -0.15) is 0 Å². The molecule has 0 aliphatic heterocycles. The maximum Gasteiger partial charge on any atom is 0.227 e. The lowest BCUT2D eigenvalue weighted by Gasteiger charge is -2.01. The second kappa shape index (κ2) is 4.31. The van der Waals surface area contributed by atoms with E-state index >= 15 is 0 Å². The van der Waals surface area contributed by atoms with E-state index < -0.39 is 17.8 Å². The van der Waals surface area contributed by atoms with Gasteiger partial charge in [0, 0.05) is 11.0 Å². The zero-order valence-electron chi connectivity index (χ0n) is 7.04. The summed E-state index contributed by atoms with van der Waals surface area (Å²) in [6, 6.07) is 1.00. The van der Waals surface area contributed by atoms with E-state index in [2.05, 4.69) is 10.0 Å². The van der Waals surface area contributed by atoms with Crippen molar-refractivity contribution >= 4 is 0 Å². The number of hydrogen-bond acceptors (Lipinski definition) is 5. The monoisotopic (exact) mass is 197 g/mol. The highest BCUT2D eigenvalue weighted by Crippen LogP contribution is 2.13. The number of rotatable bonds is 3. The first kappa shape index (κ1) is 10.1. The molecule has 0 aliphatic carbocycles. The lowest BCUT2D eigenvalue weighted by molar-refractivity contribution is 0.228. The van der Waals surface area contributed by atoms with E-state index in [-0.39, 0.29) is 18.1 Å². The minimum absolute atomic E-state index is 0.0923. The average molecular weight is 197 g/mol. The van der Waals surface area contributed by atoms with Crippen LogP contribution in [-0.2, 0) is 13.2 Å². The molecule has 0 atom stereocenters. The van der Waals surface area contributed by atoms with Gasteiger partial charge < -0.3 is 14.6 Å². The van der Waals surface area contributed by atoms with Gasteiger partial charge in [-0.1, -0.05) is 5.11 Å². The Bertz CT molecular complexity index is 433. The fourth-order valence-corrected chi connectivity index (χ4v) is 0.874. The summed E-state index contributed by atoms with van der Waals surface area (Å²) in [5.74, 6) is -0.771. The largest absolute Gasteiger partial charge is 0.502 e. The van der Waals surface area contributed by atoms with Crippen LogP contribution in [0.25, 0.3) is 10.4 Å². The van der Waals surface area contributed by atoms with Crippen molar-refractivity contribution in [1.82, 2.24) is 0 Å². The summed E-state index contributed by atoms with van der Waals surface area (Å²) in [4.78, 5) is 13.5. The highest BCUT2D eigenvalue weighted by Gasteiger charge is 2.09. The van der Waals surface area contributed by atoms with Crippen LogP contribution in [0.2, 0.25) is 0 Å². The van der Waals surface area contributed by atoms with Crippen LogP contribution in [0.4, 0.5) is 0 Å². The molecule has 0 spiro atoms. The predicted octanol–water partition coefficient (Wildman–Crippen LogP) is 0.648. The van der Waals surface area contributed by atoms with E-state index in [0.717, 1.165) is 6.07 Å². The van der Waals surface area contributed by atoms with Crippen molar-refractivity contribution in [3.63, 3.8) is 0 Å². The fraction of sp³-hybridized carbons (Fsp3) is 0.286. The Hall–Kier alpha value is -1.98. The molecular weight excluding hydrogens is 190 g/mol. The standard InChI is InChI=1S/C7H7N3O4/c8-10-9-2-4-1-5(12)7(13)6(3-11)14-4/h1,11,13H,2-3H2. The third-order valence-electron chi connectivity index (χ3n) is 1.48. The van der Waals surface area contributed by atoms with Crippen molar-refractivity contribution < 1.29 is 14.6 Å². The van der Waals surface area contributed by atoms with Gasteiger partial charge in [-0.25, -0.2) is 0 Å². The lowest BCUT2D eigenvalue weighted by Crippen LogP contribution is -2.04. The van der Waals surface area contributed by atoms with Crippen LogP contribution in [0.1, 0.15) is 11.5 Å². The minimum Gasteiger partial charge on any atom is -0.502 e. The Labute approximate surface area is 77.8 Å². The summed E-state index contributed by atoms with van der Waals surface area (Å²) in [5, 5.41) is 20.9. The molecule has 2 N–H and O–H groups in total. The molecule has 7 nitrogen and oxygen atoms in total. The van der Waals surface area contributed by atoms with Gasteiger partial charge >= 0.3 is 0 Å². The molecule has 74 valence electrons. The summed E-state index contributed by atoms with van der Waals surface area (Å²) in [7, 11) is 0. The molecule has 14 heavy (non-hydrogen) atoms. The first-order chi connectivity index (χ1) is 6.69. The Morgan fingerprint density at radius 2 is 2.36 bits per heavy atom. The summed E-state index contributed by atoms with van der Waals surface area (Å²) in [5.41, 5.74) is 7.34. The Morgan fingerprint density at radius 1 is 1.64 bits per heavy atom. The molecule has 0 saturated heterocycles. The van der Waals surface area contributed by atoms with Gasteiger partial charge in [0.2, 0.25) is 11.2 Å². The predicted molar refractivity (Wildman–Crippen MR) is 45.4 cm³/mol. The molecule has 0 bridgehead atoms. The summed E-state index contributed by atoms with van der Waals surface area (Å²) in [6.07, 6.45) is 0. The zero-order chi connectivity index (χ0) is 10.6. The van der Waals surface area contributed by atoms with E-state index in [0.29, 0.717) is 0 Å². The van der Waals surface area contributed by atoms with Crippen LogP contribution in [0, 0.1) is 0 Å². The normalized spacial score (nSPS) is 9.50. The third kappa shape index (κ3) is 2.03. The molecular formula is C7H7N3O4. The number of aliphatic hydroxyl groups is 1. The van der Waals surface area contributed by atoms with Crippen molar-refractivity contribution in [2.45, 2.75) is 13.2 Å². The van der Waals surface area contributed by atoms with E-state index in [1.165, 1.54) is 0 Å². The van der Waals surface area contributed by atoms with Crippen LogP contribution in [0.3, 0.4) is 0 Å². The Balaban J connectivity index is 3.15. The molecule has 1 aromatic rings. The van der Waals surface area contributed by atoms with Gasteiger partial charge in [0.1, 0.15) is 12.4 Å². The SMILES string of the molecule is [N-]=[N+]=NCc1cc(=O)c(O)c(CO)o1. The molecule has 0 unspecified atom stereocenters. The van der Waals surface area contributed by atoms with Crippen molar-refractivity contribution in [1.29, 1.82) is 0 Å². The van der Waals surface area contributed by atoms with Gasteiger partial charge in [0.05, 0.1) is 6.54 Å². The average Bonchev–Trinajstić information content (AvgIpc) is 2.19. The smallest absolute Gasteiger partial charge is 0.227 e. The van der Waals surface area contributed by atoms with E-state index in [4.69, 9.17) is 20.2 Å². The zero-order valence-corrected chi connectivity index (χ0v) is 7.04. The quantitative estimate of drug-likeness (QED) is 0.419. The van der Waals surface area contributed by atoms with Gasteiger partial charge in [-0.05, 0) is 5.53 Å². The lowest BCUT2D eigenvalue weighted by atomic mass is 10.3. The first-order valence-corrected chi connectivity index (χ1v) is 3.65. The summed E-state index contributed by atoms with van der Waals surface area (Å²) in [6.45, 7) is -0.732. The first-order valence-electron chi connectivity index (χ1n) is 3.65. The van der Waals surface area contributed by atoms with Crippen LogP contribution in [0.15, 0.2) is 20.4 Å². The Kier molecular flexibility index (Phi) is 3.11. The number of azide groups is 1. The maximum absolute atomic E-state index is 11.0. The second-order valence-electron chi connectivity index (χ2n) is 2.40. The maximum atomic E-state index is 11.0. The highest BCUT2D eigenvalue weighted by atomic mass is 16.4. The van der Waals surface area contributed by atoms with Crippen LogP contribution in [0.5, 0.6) is 5.75 Å². The number of aliphatic hydroxyl groups excluding tert-OH is 1. The molecule has 0 saturated carbocycles. The second-order valence-corrected chi connectivity index (χ2v) is 2.40. The summed E-state index contributed by atoms with van der Waals surface area (Å²) >= 11 is 0. The van der Waals surface area contributed by atoms with Gasteiger partial charge in [0.15, 0.2) is 5.76 Å². The van der Waals surface area contributed by atoms with E-state index in [1.54, 1.807) is 0 Å². The van der Waals surface area contributed by atoms with Crippen LogP contribution < -0.4 is 5.43 Å². The molecule has 0 aliphatic rings. The van der Waals surface area contributed by atoms with Gasteiger partial charge in [0.25, 0.3) is 0 Å². The molecule has 0 radical (unpaired) electrons. The Morgan fingerprint density at radius 3 is 2.93 bits per heavy atom. The van der Waals surface area contributed by atoms with Gasteiger partial charge in [-0.15, -0.1) is 0 Å². The highest BCUT2D eigenvalue weighted by molar-refractivity contribution is 5.24. The van der Waals surface area contributed by atoms with Crippen molar-refractivity contribution in [2.24, 2.45) is 5.11 Å². The molecule has 1 aromatic heterocycles. The van der Waals surface area contributed by atoms with Crippen molar-refractivity contribution in [3.8, 4) is 5.75 Å². The van der Waals surface area contributed by atoms with E-state index in [1.807, 2.05) is 0 Å². The van der Waals surface area contributed by atoms with Crippen molar-refractivity contribution in [3.05, 3.63) is 38.3 Å². The topological polar surface area (TPSA) is 119 Å². The third-order valence-corrected chi connectivity index (χ3v) is 1.48. The molecule has 1 rings (SSSR count). The number of hydrogen-bond donors (Lipinski definition) is 2. The molecule has 1 heterocycles. The molecule has 0 fully saturated rings. The molecule has 0 aromatic carbocycles. The number of aromatic hydroxyl groups is 1. The fourth-order valence-electron chi connectivity index (χ4n) is 0.874. The van der Waals surface area contributed by atoms with Crippen LogP contribution >= 0.6 is 0 Å². The van der Waals surface area contributed by atoms with Crippen LogP contribution in [-0.4, -0.2) is 10.2 Å². The molecule has 0 amide bonds. The number of nitrogens with zero attached hydrogens (tertiary/aromatic N) is 3. The summed E-state index contributed by atoms with van der Waals surface area (Å²) < 4.78 is 4.88. The van der Waals surface area contributed by atoms with E-state index in [9.17, 15) is 4.79 Å². The molecule has 7 heteroatoms. The minimum atomic E-state index is -0.677. The van der Waals surface area contributed by atoms with Gasteiger partial charge in [-0.3, -0.25) is 4.79 Å². The van der Waals surface area contributed by atoms with Crippen molar-refractivity contribution in [2.75, 3.05) is 0 Å².